The summed E-state index contributed by atoms with van der Waals surface area (Å²) in [7, 11) is 3.06. The Bertz CT molecular complexity index is 1680. The van der Waals surface area contributed by atoms with Crippen molar-refractivity contribution in [3.05, 3.63) is 75.3 Å². The van der Waals surface area contributed by atoms with Crippen LogP contribution in [-0.4, -0.2) is 38.2 Å². The molecule has 3 heterocycles. The van der Waals surface area contributed by atoms with Gasteiger partial charge in [-0.2, -0.15) is 0 Å². The number of fused-ring (bicyclic) bond motifs is 2. The fraction of sp³-hybridized carbons (Fsp3) is 0.269. The van der Waals surface area contributed by atoms with Crippen LogP contribution in [0.4, 0.5) is 0 Å². The third-order valence-corrected chi connectivity index (χ3v) is 8.45. The molecule has 198 valence electrons. The number of ether oxygens (including phenoxy) is 5. The van der Waals surface area contributed by atoms with Gasteiger partial charge in [0.1, 0.15) is 0 Å². The molecule has 0 saturated carbocycles. The fourth-order valence-electron chi connectivity index (χ4n) is 4.35. The maximum Gasteiger partial charge on any atom is 0.338 e. The monoisotopic (exact) mass is 664 g/mol. The van der Waals surface area contributed by atoms with E-state index in [2.05, 4.69) is 36.9 Å². The van der Waals surface area contributed by atoms with Gasteiger partial charge < -0.3 is 23.7 Å². The molecule has 0 spiro atoms. The average Bonchev–Trinajstić information content (AvgIpc) is 3.46. The van der Waals surface area contributed by atoms with Crippen LogP contribution in [0.5, 0.6) is 23.0 Å². The number of carbonyl (C=O) groups is 1. The lowest BCUT2D eigenvalue weighted by atomic mass is 9.95. The van der Waals surface area contributed by atoms with Crippen LogP contribution in [-0.2, 0) is 9.53 Å². The van der Waals surface area contributed by atoms with Gasteiger partial charge in [0.15, 0.2) is 27.8 Å². The van der Waals surface area contributed by atoms with Crippen molar-refractivity contribution >= 4 is 55.2 Å². The van der Waals surface area contributed by atoms with E-state index >= 15 is 0 Å². The molecule has 0 saturated heterocycles. The number of allylic oxidation sites excluding steroid dienone is 1. The molecule has 12 heteroatoms. The number of halogens is 2. The fourth-order valence-corrected chi connectivity index (χ4v) is 6.36. The van der Waals surface area contributed by atoms with Gasteiger partial charge in [-0.1, -0.05) is 43.2 Å². The molecular formula is C26H22Br2N2O7S. The average molecular weight is 666 g/mol. The molecule has 2 aliphatic heterocycles. The molecule has 3 aromatic rings. The van der Waals surface area contributed by atoms with Crippen LogP contribution >= 0.6 is 43.2 Å². The summed E-state index contributed by atoms with van der Waals surface area (Å²) in [6.07, 6.45) is 1.76. The first-order valence-corrected chi connectivity index (χ1v) is 13.9. The van der Waals surface area contributed by atoms with Crippen molar-refractivity contribution in [2.24, 2.45) is 4.99 Å². The molecule has 0 unspecified atom stereocenters. The molecule has 0 aliphatic carbocycles. The lowest BCUT2D eigenvalue weighted by Gasteiger charge is -2.26. The van der Waals surface area contributed by atoms with Crippen molar-refractivity contribution in [2.45, 2.75) is 19.9 Å². The zero-order valence-corrected chi connectivity index (χ0v) is 24.8. The number of hydrogen-bond donors (Lipinski definition) is 0. The molecule has 0 amide bonds. The maximum absolute atomic E-state index is 13.9. The van der Waals surface area contributed by atoms with E-state index in [0.717, 1.165) is 10.0 Å². The summed E-state index contributed by atoms with van der Waals surface area (Å²) in [4.78, 5) is 32.2. The van der Waals surface area contributed by atoms with E-state index in [1.165, 1.54) is 30.1 Å². The molecule has 1 aromatic heterocycles. The van der Waals surface area contributed by atoms with Crippen molar-refractivity contribution in [1.82, 2.24) is 4.57 Å². The molecule has 38 heavy (non-hydrogen) atoms. The summed E-state index contributed by atoms with van der Waals surface area (Å²) < 4.78 is 30.6. The first-order valence-electron chi connectivity index (χ1n) is 11.5. The number of nitrogens with zero attached hydrogens (tertiary/aromatic N) is 2. The topological polar surface area (TPSA) is 97.6 Å². The zero-order valence-electron chi connectivity index (χ0n) is 20.8. The SMILES string of the molecule is CCOC(=O)C1=C(C)N=c2s/c(=C\c3cc4c(cc3Br)OCO4)c(=O)n2[C@@H]1c1cc(OC)c(OC)cc1Br. The Balaban J connectivity index is 1.75. The molecule has 0 N–H and O–H groups in total. The van der Waals surface area contributed by atoms with Crippen LogP contribution < -0.4 is 33.8 Å². The van der Waals surface area contributed by atoms with Gasteiger partial charge in [0.25, 0.3) is 5.56 Å². The summed E-state index contributed by atoms with van der Waals surface area (Å²) in [5, 5.41) is 0. The van der Waals surface area contributed by atoms with Crippen molar-refractivity contribution < 1.29 is 28.5 Å². The summed E-state index contributed by atoms with van der Waals surface area (Å²) in [5.74, 6) is 1.63. The predicted octanol–water partition coefficient (Wildman–Crippen LogP) is 4.07. The quantitative estimate of drug-likeness (QED) is 0.366. The Kier molecular flexibility index (Phi) is 7.38. The highest BCUT2D eigenvalue weighted by Gasteiger charge is 2.35. The summed E-state index contributed by atoms with van der Waals surface area (Å²) in [6.45, 7) is 3.79. The molecule has 2 aromatic carbocycles. The number of esters is 1. The normalized spacial score (nSPS) is 16.3. The molecular weight excluding hydrogens is 644 g/mol. The van der Waals surface area contributed by atoms with E-state index in [4.69, 9.17) is 23.7 Å². The summed E-state index contributed by atoms with van der Waals surface area (Å²) >= 11 is 8.39. The molecule has 9 nitrogen and oxygen atoms in total. The van der Waals surface area contributed by atoms with Crippen LogP contribution in [0.1, 0.15) is 31.0 Å². The van der Waals surface area contributed by atoms with Gasteiger partial charge in [0.2, 0.25) is 6.79 Å². The third-order valence-electron chi connectivity index (χ3n) is 6.09. The number of aromatic nitrogens is 1. The first-order chi connectivity index (χ1) is 18.3. The Morgan fingerprint density at radius 3 is 2.50 bits per heavy atom. The van der Waals surface area contributed by atoms with E-state index < -0.39 is 12.0 Å². The predicted molar refractivity (Wildman–Crippen MR) is 148 cm³/mol. The van der Waals surface area contributed by atoms with Gasteiger partial charge in [0, 0.05) is 8.95 Å². The zero-order chi connectivity index (χ0) is 27.1. The van der Waals surface area contributed by atoms with Gasteiger partial charge in [-0.25, -0.2) is 9.79 Å². The largest absolute Gasteiger partial charge is 0.493 e. The van der Waals surface area contributed by atoms with Crippen LogP contribution in [0.2, 0.25) is 0 Å². The first kappa shape index (κ1) is 26.5. The Morgan fingerprint density at radius 2 is 1.82 bits per heavy atom. The number of rotatable bonds is 6. The van der Waals surface area contributed by atoms with E-state index in [1.54, 1.807) is 38.1 Å². The van der Waals surface area contributed by atoms with Crippen molar-refractivity contribution in [3.8, 4) is 23.0 Å². The summed E-state index contributed by atoms with van der Waals surface area (Å²) in [6, 6.07) is 6.28. The van der Waals surface area contributed by atoms with Crippen LogP contribution in [0.3, 0.4) is 0 Å². The number of carbonyl (C=O) groups excluding carboxylic acids is 1. The number of methoxy groups -OCH3 is 2. The second-order valence-electron chi connectivity index (χ2n) is 8.26. The van der Waals surface area contributed by atoms with Crippen LogP contribution in [0, 0.1) is 0 Å². The van der Waals surface area contributed by atoms with E-state index in [-0.39, 0.29) is 24.5 Å². The maximum atomic E-state index is 13.9. The summed E-state index contributed by atoms with van der Waals surface area (Å²) in [5.41, 5.74) is 1.79. The Labute approximate surface area is 238 Å². The van der Waals surface area contributed by atoms with Gasteiger partial charge >= 0.3 is 5.97 Å². The Morgan fingerprint density at radius 1 is 1.13 bits per heavy atom. The second-order valence-corrected chi connectivity index (χ2v) is 11.0. The minimum atomic E-state index is -0.818. The van der Waals surface area contributed by atoms with Gasteiger partial charge in [0.05, 0.1) is 42.7 Å². The van der Waals surface area contributed by atoms with Crippen molar-refractivity contribution in [1.29, 1.82) is 0 Å². The molecule has 5 rings (SSSR count). The lowest BCUT2D eigenvalue weighted by Crippen LogP contribution is -2.40. The minimum absolute atomic E-state index is 0.142. The molecule has 1 atom stereocenters. The highest BCUT2D eigenvalue weighted by Crippen LogP contribution is 2.41. The Hall–Kier alpha value is -3.09. The molecule has 0 radical (unpaired) electrons. The third kappa shape index (κ3) is 4.54. The van der Waals surface area contributed by atoms with Gasteiger partial charge in [-0.05, 0) is 55.3 Å². The number of benzene rings is 2. The lowest BCUT2D eigenvalue weighted by molar-refractivity contribution is -0.139. The minimum Gasteiger partial charge on any atom is -0.493 e. The standard InChI is InChI=1S/C26H22Br2N2O7S/c1-5-35-25(32)22-12(2)29-26-30(23(22)14-8-17(33-3)18(34-4)10-16(14)28)24(31)21(38-26)7-13-6-19-20(9-15(13)27)37-11-36-19/h6-10,23H,5,11H2,1-4H3/b21-7-/t23-/m1/s1. The number of hydrogen-bond acceptors (Lipinski definition) is 9. The van der Waals surface area contributed by atoms with Gasteiger partial charge in [-0.3, -0.25) is 9.36 Å². The van der Waals surface area contributed by atoms with Crippen molar-refractivity contribution in [2.75, 3.05) is 27.6 Å². The molecule has 2 aliphatic rings. The van der Waals surface area contributed by atoms with E-state index in [0.29, 0.717) is 48.1 Å². The van der Waals surface area contributed by atoms with Crippen LogP contribution in [0.15, 0.2) is 54.3 Å². The molecule has 0 bridgehead atoms. The second kappa shape index (κ2) is 10.6. The van der Waals surface area contributed by atoms with Crippen molar-refractivity contribution in [3.63, 3.8) is 0 Å². The smallest absolute Gasteiger partial charge is 0.338 e. The van der Waals surface area contributed by atoms with E-state index in [1.807, 2.05) is 6.07 Å². The number of thiazole rings is 1. The van der Waals surface area contributed by atoms with Crippen LogP contribution in [0.25, 0.3) is 6.08 Å². The highest BCUT2D eigenvalue weighted by molar-refractivity contribution is 9.10. The van der Waals surface area contributed by atoms with Gasteiger partial charge in [-0.15, -0.1) is 0 Å². The molecule has 0 fully saturated rings. The van der Waals surface area contributed by atoms with E-state index in [9.17, 15) is 9.59 Å². The highest BCUT2D eigenvalue weighted by atomic mass is 79.9.